The lowest BCUT2D eigenvalue weighted by molar-refractivity contribution is -0.150. The molecule has 0 aromatic rings. The first-order chi connectivity index (χ1) is 8.09. The first kappa shape index (κ1) is 12.4. The average molecular weight is 239 g/mol. The Kier molecular flexibility index (Phi) is 3.40. The molecule has 1 saturated heterocycles. The van der Waals surface area contributed by atoms with E-state index < -0.39 is 5.97 Å². The van der Waals surface area contributed by atoms with Crippen molar-refractivity contribution < 1.29 is 14.7 Å². The van der Waals surface area contributed by atoms with Crippen LogP contribution < -0.4 is 0 Å². The predicted octanol–water partition coefficient (Wildman–Crippen LogP) is 2.03. The van der Waals surface area contributed by atoms with E-state index in [9.17, 15) is 9.59 Å². The summed E-state index contributed by atoms with van der Waals surface area (Å²) >= 11 is 0. The predicted molar refractivity (Wildman–Crippen MR) is 63.6 cm³/mol. The molecule has 1 saturated carbocycles. The molecule has 1 atom stereocenters. The van der Waals surface area contributed by atoms with Gasteiger partial charge < -0.3 is 10.0 Å². The van der Waals surface area contributed by atoms with E-state index in [1.165, 1.54) is 0 Å². The van der Waals surface area contributed by atoms with E-state index in [-0.39, 0.29) is 23.8 Å². The minimum Gasteiger partial charge on any atom is -0.481 e. The van der Waals surface area contributed by atoms with Crippen molar-refractivity contribution >= 4 is 11.9 Å². The van der Waals surface area contributed by atoms with Crippen LogP contribution >= 0.6 is 0 Å². The molecule has 0 aromatic carbocycles. The number of amides is 1. The highest BCUT2D eigenvalue weighted by Gasteiger charge is 2.47. The van der Waals surface area contributed by atoms with E-state index in [1.54, 1.807) is 0 Å². The fourth-order valence-corrected chi connectivity index (χ4v) is 3.14. The van der Waals surface area contributed by atoms with Gasteiger partial charge in [0.1, 0.15) is 0 Å². The minimum atomic E-state index is -0.797. The van der Waals surface area contributed by atoms with Gasteiger partial charge in [-0.15, -0.1) is 0 Å². The van der Waals surface area contributed by atoms with Crippen molar-refractivity contribution in [2.75, 3.05) is 6.54 Å². The first-order valence-corrected chi connectivity index (χ1v) is 6.62. The molecule has 4 heteroatoms. The van der Waals surface area contributed by atoms with Gasteiger partial charge in [-0.1, -0.05) is 13.3 Å². The monoisotopic (exact) mass is 239 g/mol. The number of rotatable bonds is 4. The Hall–Kier alpha value is -1.06. The number of carbonyl (C=O) groups is 2. The summed E-state index contributed by atoms with van der Waals surface area (Å²) in [7, 11) is 0. The van der Waals surface area contributed by atoms with Crippen molar-refractivity contribution in [3.05, 3.63) is 0 Å². The Labute approximate surface area is 102 Å². The van der Waals surface area contributed by atoms with Gasteiger partial charge in [0.05, 0.1) is 6.42 Å². The van der Waals surface area contributed by atoms with Crippen LogP contribution in [0.15, 0.2) is 0 Å². The van der Waals surface area contributed by atoms with Crippen LogP contribution in [0.3, 0.4) is 0 Å². The highest BCUT2D eigenvalue weighted by atomic mass is 16.4. The highest BCUT2D eigenvalue weighted by Crippen LogP contribution is 2.46. The topological polar surface area (TPSA) is 57.6 Å². The molecule has 1 amide bonds. The molecular formula is C13H21NO3. The molecule has 0 radical (unpaired) electrons. The van der Waals surface area contributed by atoms with Gasteiger partial charge in [0.25, 0.3) is 0 Å². The third-order valence-corrected chi connectivity index (χ3v) is 4.49. The van der Waals surface area contributed by atoms with Crippen molar-refractivity contribution in [1.82, 2.24) is 4.90 Å². The molecule has 2 fully saturated rings. The lowest BCUT2D eigenvalue weighted by Crippen LogP contribution is -2.49. The van der Waals surface area contributed by atoms with Crippen molar-refractivity contribution in [3.8, 4) is 0 Å². The molecule has 4 nitrogen and oxygen atoms in total. The summed E-state index contributed by atoms with van der Waals surface area (Å²) in [5, 5.41) is 8.87. The molecule has 96 valence electrons. The third-order valence-electron chi connectivity index (χ3n) is 4.49. The molecule has 17 heavy (non-hydrogen) atoms. The molecule has 1 unspecified atom stereocenters. The Bertz CT molecular complexity index is 317. The normalized spacial score (nSPS) is 26.6. The zero-order chi connectivity index (χ0) is 12.5. The molecule has 2 rings (SSSR count). The van der Waals surface area contributed by atoms with Crippen LogP contribution in [0.4, 0.5) is 0 Å². The summed E-state index contributed by atoms with van der Waals surface area (Å²) in [6.07, 6.45) is 5.89. The molecule has 2 aliphatic rings. The Morgan fingerprint density at radius 2 is 2.06 bits per heavy atom. The van der Waals surface area contributed by atoms with Gasteiger partial charge in [0, 0.05) is 18.0 Å². The average Bonchev–Trinajstić information content (AvgIpc) is 2.63. The summed E-state index contributed by atoms with van der Waals surface area (Å²) in [4.78, 5) is 25.1. The molecule has 1 N–H and O–H groups in total. The second kappa shape index (κ2) is 4.67. The second-order valence-corrected chi connectivity index (χ2v) is 5.38. The van der Waals surface area contributed by atoms with E-state index in [2.05, 4.69) is 6.92 Å². The number of aliphatic carboxylic acids is 1. The summed E-state index contributed by atoms with van der Waals surface area (Å²) in [5.41, 5.74) is -0.152. The van der Waals surface area contributed by atoms with Crippen LogP contribution in [0, 0.1) is 5.41 Å². The molecule has 1 aliphatic carbocycles. The van der Waals surface area contributed by atoms with Crippen molar-refractivity contribution in [3.63, 3.8) is 0 Å². The van der Waals surface area contributed by atoms with Crippen molar-refractivity contribution in [2.24, 2.45) is 5.41 Å². The van der Waals surface area contributed by atoms with E-state index in [0.717, 1.165) is 45.1 Å². The number of hydrogen-bond acceptors (Lipinski definition) is 2. The van der Waals surface area contributed by atoms with E-state index in [4.69, 9.17) is 5.11 Å². The van der Waals surface area contributed by atoms with Gasteiger partial charge >= 0.3 is 5.97 Å². The van der Waals surface area contributed by atoms with Crippen molar-refractivity contribution in [2.45, 2.75) is 57.9 Å². The zero-order valence-electron chi connectivity index (χ0n) is 10.4. The highest BCUT2D eigenvalue weighted by molar-refractivity contribution is 5.84. The summed E-state index contributed by atoms with van der Waals surface area (Å²) in [5.74, 6) is -0.580. The largest absolute Gasteiger partial charge is 0.481 e. The standard InChI is InChI=1S/C13H21NO3/c1-2-13(6-4-7-13)12(17)14-8-3-5-10(14)9-11(15)16/h10H,2-9H2,1H3,(H,15,16). The fourth-order valence-electron chi connectivity index (χ4n) is 3.14. The Morgan fingerprint density at radius 1 is 1.35 bits per heavy atom. The van der Waals surface area contributed by atoms with Gasteiger partial charge in [-0.3, -0.25) is 9.59 Å². The summed E-state index contributed by atoms with van der Waals surface area (Å²) in [6.45, 7) is 2.82. The molecule has 0 spiro atoms. The third kappa shape index (κ3) is 2.17. The number of carboxylic acids is 1. The van der Waals surface area contributed by atoms with Crippen LogP contribution in [-0.2, 0) is 9.59 Å². The molecular weight excluding hydrogens is 218 g/mol. The SMILES string of the molecule is CCC1(C(=O)N2CCCC2CC(=O)O)CCC1. The smallest absolute Gasteiger partial charge is 0.305 e. The first-order valence-electron chi connectivity index (χ1n) is 6.62. The molecule has 0 bridgehead atoms. The van der Waals surface area contributed by atoms with Crippen LogP contribution in [0.1, 0.15) is 51.9 Å². The van der Waals surface area contributed by atoms with E-state index >= 15 is 0 Å². The number of nitrogens with zero attached hydrogens (tertiary/aromatic N) is 1. The zero-order valence-corrected chi connectivity index (χ0v) is 10.4. The number of hydrogen-bond donors (Lipinski definition) is 1. The van der Waals surface area contributed by atoms with Crippen LogP contribution in [0.5, 0.6) is 0 Å². The van der Waals surface area contributed by atoms with Crippen molar-refractivity contribution in [1.29, 1.82) is 0 Å². The lowest BCUT2D eigenvalue weighted by atomic mass is 9.66. The van der Waals surface area contributed by atoms with Gasteiger partial charge in [-0.25, -0.2) is 0 Å². The minimum absolute atomic E-state index is 0.0657. The van der Waals surface area contributed by atoms with Crippen LogP contribution in [0.2, 0.25) is 0 Å². The van der Waals surface area contributed by atoms with E-state index in [0.29, 0.717) is 0 Å². The van der Waals surface area contributed by atoms with Gasteiger partial charge in [0.15, 0.2) is 0 Å². The van der Waals surface area contributed by atoms with Gasteiger partial charge in [-0.2, -0.15) is 0 Å². The number of carbonyl (C=O) groups excluding carboxylic acids is 1. The Morgan fingerprint density at radius 3 is 2.53 bits per heavy atom. The second-order valence-electron chi connectivity index (χ2n) is 5.38. The van der Waals surface area contributed by atoms with E-state index in [1.807, 2.05) is 4.90 Å². The van der Waals surface area contributed by atoms with Crippen LogP contribution in [-0.4, -0.2) is 34.5 Å². The molecule has 1 heterocycles. The Balaban J connectivity index is 2.05. The van der Waals surface area contributed by atoms with Gasteiger partial charge in [0.2, 0.25) is 5.91 Å². The number of carboxylic acid groups (broad SMARTS) is 1. The van der Waals surface area contributed by atoms with Gasteiger partial charge in [-0.05, 0) is 32.1 Å². The number of likely N-dealkylation sites (tertiary alicyclic amines) is 1. The summed E-state index contributed by atoms with van der Waals surface area (Å²) in [6, 6.07) is -0.0657. The van der Waals surface area contributed by atoms with Crippen LogP contribution in [0.25, 0.3) is 0 Å². The maximum absolute atomic E-state index is 12.5. The quantitative estimate of drug-likeness (QED) is 0.816. The molecule has 0 aromatic heterocycles. The maximum atomic E-state index is 12.5. The summed E-state index contributed by atoms with van der Waals surface area (Å²) < 4.78 is 0. The lowest BCUT2D eigenvalue weighted by Gasteiger charge is -2.43. The maximum Gasteiger partial charge on any atom is 0.305 e. The fraction of sp³-hybridized carbons (Fsp3) is 0.846. The molecule has 1 aliphatic heterocycles.